The molecule has 2 aliphatic heterocycles. The van der Waals surface area contributed by atoms with Gasteiger partial charge >= 0.3 is 6.03 Å². The molecule has 2 atom stereocenters. The molecule has 8 heteroatoms. The van der Waals surface area contributed by atoms with E-state index in [-0.39, 0.29) is 12.1 Å². The number of nitrogens with two attached hydrogens (primary N) is 1. The van der Waals surface area contributed by atoms with Crippen LogP contribution < -0.4 is 15.4 Å². The minimum atomic E-state index is -0.369. The Bertz CT molecular complexity index is 834. The largest absolute Gasteiger partial charge is 0.494 e. The second kappa shape index (κ2) is 7.52. The first-order chi connectivity index (χ1) is 13.1. The van der Waals surface area contributed by atoms with Gasteiger partial charge in [0.15, 0.2) is 0 Å². The number of rotatable bonds is 3. The molecule has 3 heterocycles. The SMILES string of the molecule is COc1ccc(N2CCOCC2)c2sc(C3CC(C)CCN3C(N)=O)nc12. The molecule has 1 aromatic carbocycles. The van der Waals surface area contributed by atoms with Crippen LogP contribution in [0.3, 0.4) is 0 Å². The number of likely N-dealkylation sites (tertiary alicyclic amines) is 1. The van der Waals surface area contributed by atoms with Gasteiger partial charge in [-0.1, -0.05) is 6.92 Å². The van der Waals surface area contributed by atoms with Crippen LogP contribution in [0.1, 0.15) is 30.8 Å². The van der Waals surface area contributed by atoms with Gasteiger partial charge < -0.3 is 25.0 Å². The van der Waals surface area contributed by atoms with Crippen LogP contribution in [0.15, 0.2) is 12.1 Å². The number of nitrogens with zero attached hydrogens (tertiary/aromatic N) is 3. The second-order valence-corrected chi connectivity index (χ2v) is 8.32. The highest BCUT2D eigenvalue weighted by molar-refractivity contribution is 7.19. The summed E-state index contributed by atoms with van der Waals surface area (Å²) < 4.78 is 12.2. The third-order valence-electron chi connectivity index (χ3n) is 5.51. The number of hydrogen-bond acceptors (Lipinski definition) is 6. The lowest BCUT2D eigenvalue weighted by molar-refractivity contribution is 0.123. The number of amides is 2. The van der Waals surface area contributed by atoms with E-state index in [1.807, 2.05) is 6.07 Å². The Morgan fingerprint density at radius 3 is 2.81 bits per heavy atom. The quantitative estimate of drug-likeness (QED) is 0.871. The van der Waals surface area contributed by atoms with Crippen molar-refractivity contribution in [1.29, 1.82) is 0 Å². The summed E-state index contributed by atoms with van der Waals surface area (Å²) in [5.41, 5.74) is 7.68. The third kappa shape index (κ3) is 3.43. The average Bonchev–Trinajstić information content (AvgIpc) is 3.13. The lowest BCUT2D eigenvalue weighted by Gasteiger charge is -2.36. The van der Waals surface area contributed by atoms with E-state index in [4.69, 9.17) is 20.2 Å². The number of thiazole rings is 1. The normalized spacial score (nSPS) is 23.6. The van der Waals surface area contributed by atoms with Gasteiger partial charge in [0, 0.05) is 19.6 Å². The molecule has 27 heavy (non-hydrogen) atoms. The van der Waals surface area contributed by atoms with E-state index < -0.39 is 0 Å². The third-order valence-corrected chi connectivity index (χ3v) is 6.69. The fourth-order valence-electron chi connectivity index (χ4n) is 3.99. The van der Waals surface area contributed by atoms with Gasteiger partial charge in [-0.15, -0.1) is 11.3 Å². The van der Waals surface area contributed by atoms with Gasteiger partial charge in [-0.2, -0.15) is 0 Å². The second-order valence-electron chi connectivity index (χ2n) is 7.29. The van der Waals surface area contributed by atoms with Crippen LogP contribution in [0, 0.1) is 5.92 Å². The number of methoxy groups -OCH3 is 1. The van der Waals surface area contributed by atoms with Crippen molar-refractivity contribution >= 4 is 33.3 Å². The zero-order chi connectivity index (χ0) is 19.0. The molecular formula is C19H26N4O3S. The number of carbonyl (C=O) groups excluding carboxylic acids is 1. The van der Waals surface area contributed by atoms with E-state index in [0.29, 0.717) is 12.5 Å². The molecule has 7 nitrogen and oxygen atoms in total. The molecule has 2 saturated heterocycles. The molecule has 2 aromatic rings. The number of morpholine rings is 1. The minimum Gasteiger partial charge on any atom is -0.494 e. The van der Waals surface area contributed by atoms with Crippen molar-refractivity contribution < 1.29 is 14.3 Å². The Labute approximate surface area is 163 Å². The molecule has 0 spiro atoms. The number of primary amides is 1. The number of carbonyl (C=O) groups is 1. The van der Waals surface area contributed by atoms with Gasteiger partial charge in [-0.05, 0) is 30.9 Å². The Balaban J connectivity index is 1.78. The van der Waals surface area contributed by atoms with Crippen LogP contribution in [0.2, 0.25) is 0 Å². The molecule has 146 valence electrons. The number of piperidine rings is 1. The fourth-order valence-corrected chi connectivity index (χ4v) is 5.24. The highest BCUT2D eigenvalue weighted by Gasteiger charge is 2.33. The molecule has 2 N–H and O–H groups in total. The standard InChI is InChI=1S/C19H26N4O3S/c1-12-5-6-23(19(20)24)14(11-12)18-21-16-15(25-2)4-3-13(17(16)27-18)22-7-9-26-10-8-22/h3-4,12,14H,5-11H2,1-2H3,(H2,20,24). The first-order valence-electron chi connectivity index (χ1n) is 9.44. The zero-order valence-corrected chi connectivity index (χ0v) is 16.6. The highest BCUT2D eigenvalue weighted by atomic mass is 32.1. The lowest BCUT2D eigenvalue weighted by atomic mass is 9.93. The predicted octanol–water partition coefficient (Wildman–Crippen LogP) is 2.99. The summed E-state index contributed by atoms with van der Waals surface area (Å²) in [5, 5.41) is 0.939. The number of aromatic nitrogens is 1. The Kier molecular flexibility index (Phi) is 5.10. The maximum Gasteiger partial charge on any atom is 0.315 e. The summed E-state index contributed by atoms with van der Waals surface area (Å²) in [7, 11) is 1.67. The maximum absolute atomic E-state index is 12.0. The van der Waals surface area contributed by atoms with Gasteiger partial charge in [0.2, 0.25) is 0 Å². The number of ether oxygens (including phenoxy) is 2. The smallest absolute Gasteiger partial charge is 0.315 e. The summed E-state index contributed by atoms with van der Waals surface area (Å²) in [4.78, 5) is 21.0. The summed E-state index contributed by atoms with van der Waals surface area (Å²) >= 11 is 1.65. The number of benzene rings is 1. The molecule has 1 aromatic heterocycles. The number of hydrogen-bond donors (Lipinski definition) is 1. The van der Waals surface area contributed by atoms with Crippen molar-refractivity contribution in [3.63, 3.8) is 0 Å². The van der Waals surface area contributed by atoms with Gasteiger partial charge in [0.05, 0.1) is 36.8 Å². The van der Waals surface area contributed by atoms with Crippen LogP contribution in [-0.4, -0.2) is 55.9 Å². The molecule has 2 fully saturated rings. The number of urea groups is 1. The topological polar surface area (TPSA) is 80.9 Å². The molecule has 0 radical (unpaired) electrons. The number of fused-ring (bicyclic) bond motifs is 1. The van der Waals surface area contributed by atoms with Gasteiger partial charge in [0.25, 0.3) is 0 Å². The van der Waals surface area contributed by atoms with Crippen molar-refractivity contribution in [2.75, 3.05) is 44.9 Å². The highest BCUT2D eigenvalue weighted by Crippen LogP contribution is 2.43. The van der Waals surface area contributed by atoms with Crippen molar-refractivity contribution in [1.82, 2.24) is 9.88 Å². The van der Waals surface area contributed by atoms with Gasteiger partial charge in [0.1, 0.15) is 16.3 Å². The Morgan fingerprint density at radius 2 is 2.11 bits per heavy atom. The molecule has 0 saturated carbocycles. The molecule has 2 amide bonds. The maximum atomic E-state index is 12.0. The molecule has 0 bridgehead atoms. The van der Waals surface area contributed by atoms with Crippen LogP contribution in [-0.2, 0) is 4.74 Å². The van der Waals surface area contributed by atoms with E-state index in [9.17, 15) is 4.79 Å². The Morgan fingerprint density at radius 1 is 1.33 bits per heavy atom. The van der Waals surface area contributed by atoms with Crippen LogP contribution in [0.25, 0.3) is 10.2 Å². The molecule has 4 rings (SSSR count). The average molecular weight is 391 g/mol. The van der Waals surface area contributed by atoms with E-state index in [0.717, 1.165) is 65.8 Å². The van der Waals surface area contributed by atoms with E-state index >= 15 is 0 Å². The van der Waals surface area contributed by atoms with Crippen LogP contribution >= 0.6 is 11.3 Å². The van der Waals surface area contributed by atoms with Crippen molar-refractivity contribution in [3.05, 3.63) is 17.1 Å². The molecule has 2 aliphatic rings. The summed E-state index contributed by atoms with van der Waals surface area (Å²) in [6.45, 7) is 6.09. The van der Waals surface area contributed by atoms with Crippen molar-refractivity contribution in [3.8, 4) is 5.75 Å². The molecule has 0 aliphatic carbocycles. The fraction of sp³-hybridized carbons (Fsp3) is 0.579. The van der Waals surface area contributed by atoms with Gasteiger partial charge in [-0.25, -0.2) is 9.78 Å². The minimum absolute atomic E-state index is 0.0640. The first kappa shape index (κ1) is 18.3. The monoisotopic (exact) mass is 390 g/mol. The lowest BCUT2D eigenvalue weighted by Crippen LogP contribution is -2.43. The van der Waals surface area contributed by atoms with E-state index in [2.05, 4.69) is 17.9 Å². The van der Waals surface area contributed by atoms with E-state index in [1.165, 1.54) is 0 Å². The van der Waals surface area contributed by atoms with Crippen LogP contribution in [0.4, 0.5) is 10.5 Å². The summed E-state index contributed by atoms with van der Waals surface area (Å²) in [6.07, 6.45) is 1.87. The van der Waals surface area contributed by atoms with Gasteiger partial charge in [-0.3, -0.25) is 0 Å². The number of anilines is 1. The van der Waals surface area contributed by atoms with Crippen molar-refractivity contribution in [2.24, 2.45) is 11.7 Å². The first-order valence-corrected chi connectivity index (χ1v) is 10.3. The zero-order valence-electron chi connectivity index (χ0n) is 15.8. The summed E-state index contributed by atoms with van der Waals surface area (Å²) in [6, 6.07) is 3.65. The predicted molar refractivity (Wildman–Crippen MR) is 107 cm³/mol. The Hall–Kier alpha value is -2.06. The van der Waals surface area contributed by atoms with Crippen molar-refractivity contribution in [2.45, 2.75) is 25.8 Å². The summed E-state index contributed by atoms with van der Waals surface area (Å²) in [5.74, 6) is 1.30. The molecular weight excluding hydrogens is 364 g/mol. The molecule has 2 unspecified atom stereocenters. The van der Waals surface area contributed by atoms with E-state index in [1.54, 1.807) is 23.3 Å². The van der Waals surface area contributed by atoms with Crippen LogP contribution in [0.5, 0.6) is 5.75 Å².